The van der Waals surface area contributed by atoms with Crippen molar-refractivity contribution < 1.29 is 9.90 Å². The first-order valence-electron chi connectivity index (χ1n) is 8.13. The zero-order valence-corrected chi connectivity index (χ0v) is 13.8. The van der Waals surface area contributed by atoms with Crippen molar-refractivity contribution in [2.75, 3.05) is 5.32 Å². The molecule has 4 rings (SSSR count). The van der Waals surface area contributed by atoms with E-state index in [1.165, 1.54) is 12.3 Å². The average Bonchev–Trinajstić information content (AvgIpc) is 2.69. The number of rotatable bonds is 3. The van der Waals surface area contributed by atoms with Gasteiger partial charge < -0.3 is 10.4 Å². The van der Waals surface area contributed by atoms with E-state index in [2.05, 4.69) is 15.3 Å². The molecule has 0 aliphatic heterocycles. The first-order chi connectivity index (χ1) is 12.7. The summed E-state index contributed by atoms with van der Waals surface area (Å²) in [4.78, 5) is 21.5. The minimum absolute atomic E-state index is 0.0810. The fourth-order valence-corrected chi connectivity index (χ4v) is 2.79. The molecule has 5 heteroatoms. The number of fused-ring (bicyclic) bond motifs is 1. The third-order valence-electron chi connectivity index (χ3n) is 4.05. The largest absolute Gasteiger partial charge is 0.504 e. The molecule has 2 aromatic heterocycles. The highest BCUT2D eigenvalue weighted by atomic mass is 16.3. The Morgan fingerprint density at radius 1 is 0.923 bits per heavy atom. The van der Waals surface area contributed by atoms with E-state index >= 15 is 0 Å². The van der Waals surface area contributed by atoms with Gasteiger partial charge in [-0.05, 0) is 24.3 Å². The molecule has 2 heterocycles. The number of nitrogens with zero attached hydrogens (tertiary/aromatic N) is 2. The Bertz CT molecular complexity index is 1090. The highest BCUT2D eigenvalue weighted by Crippen LogP contribution is 2.26. The van der Waals surface area contributed by atoms with Crippen molar-refractivity contribution >= 4 is 22.6 Å². The van der Waals surface area contributed by atoms with Gasteiger partial charge in [0.15, 0.2) is 11.6 Å². The van der Waals surface area contributed by atoms with Crippen LogP contribution in [0, 0.1) is 0 Å². The molecule has 2 aromatic carbocycles. The summed E-state index contributed by atoms with van der Waals surface area (Å²) < 4.78 is 0. The number of anilines is 1. The van der Waals surface area contributed by atoms with Crippen LogP contribution in [-0.4, -0.2) is 21.0 Å². The topological polar surface area (TPSA) is 75.1 Å². The van der Waals surface area contributed by atoms with Crippen LogP contribution in [0.3, 0.4) is 0 Å². The Morgan fingerprint density at radius 3 is 2.50 bits per heavy atom. The predicted molar refractivity (Wildman–Crippen MR) is 101 cm³/mol. The van der Waals surface area contributed by atoms with Crippen molar-refractivity contribution in [2.24, 2.45) is 0 Å². The van der Waals surface area contributed by atoms with Gasteiger partial charge in [0.2, 0.25) is 0 Å². The summed E-state index contributed by atoms with van der Waals surface area (Å²) in [6.45, 7) is 0. The number of carbonyl (C=O) groups is 1. The maximum atomic E-state index is 12.9. The number of hydrogen-bond acceptors (Lipinski definition) is 4. The Labute approximate surface area is 150 Å². The van der Waals surface area contributed by atoms with Crippen LogP contribution in [-0.2, 0) is 0 Å². The lowest BCUT2D eigenvalue weighted by Crippen LogP contribution is -2.14. The van der Waals surface area contributed by atoms with E-state index in [1.807, 2.05) is 54.6 Å². The Morgan fingerprint density at radius 2 is 1.69 bits per heavy atom. The number of amides is 1. The van der Waals surface area contributed by atoms with E-state index in [9.17, 15) is 9.90 Å². The van der Waals surface area contributed by atoms with Gasteiger partial charge >= 0.3 is 0 Å². The Hall–Kier alpha value is -3.73. The summed E-state index contributed by atoms with van der Waals surface area (Å²) in [6, 6.07) is 22.0. The van der Waals surface area contributed by atoms with E-state index in [0.29, 0.717) is 11.3 Å². The molecule has 0 bridgehead atoms. The molecular weight excluding hydrogens is 326 g/mol. The molecule has 5 nitrogen and oxygen atoms in total. The van der Waals surface area contributed by atoms with Gasteiger partial charge in [0.25, 0.3) is 5.91 Å². The summed E-state index contributed by atoms with van der Waals surface area (Å²) in [5, 5.41) is 13.3. The fraction of sp³-hybridized carbons (Fsp3) is 0. The summed E-state index contributed by atoms with van der Waals surface area (Å²) in [5.41, 5.74) is 2.83. The van der Waals surface area contributed by atoms with Crippen molar-refractivity contribution in [1.82, 2.24) is 9.97 Å². The molecule has 1 amide bonds. The molecule has 4 aromatic rings. The lowest BCUT2D eigenvalue weighted by molar-refractivity contribution is 0.102. The quantitative estimate of drug-likeness (QED) is 0.584. The Kier molecular flexibility index (Phi) is 4.03. The van der Waals surface area contributed by atoms with Gasteiger partial charge in [-0.2, -0.15) is 0 Å². The number of para-hydroxylation sites is 1. The molecule has 0 aliphatic carbocycles. The van der Waals surface area contributed by atoms with E-state index in [1.54, 1.807) is 12.1 Å². The molecule has 0 aliphatic rings. The van der Waals surface area contributed by atoms with E-state index < -0.39 is 0 Å². The van der Waals surface area contributed by atoms with Crippen LogP contribution in [0.2, 0.25) is 0 Å². The van der Waals surface area contributed by atoms with Crippen LogP contribution in [0.5, 0.6) is 5.75 Å². The van der Waals surface area contributed by atoms with E-state index in [0.717, 1.165) is 16.5 Å². The lowest BCUT2D eigenvalue weighted by atomic mass is 10.0. The van der Waals surface area contributed by atoms with Crippen LogP contribution >= 0.6 is 0 Å². The Balaban J connectivity index is 1.83. The van der Waals surface area contributed by atoms with Gasteiger partial charge in [-0.25, -0.2) is 9.97 Å². The van der Waals surface area contributed by atoms with Crippen LogP contribution in [0.15, 0.2) is 79.0 Å². The minimum Gasteiger partial charge on any atom is -0.504 e. The zero-order chi connectivity index (χ0) is 17.9. The molecule has 0 radical (unpaired) electrons. The molecule has 0 spiro atoms. The van der Waals surface area contributed by atoms with E-state index in [4.69, 9.17) is 0 Å². The molecule has 126 valence electrons. The van der Waals surface area contributed by atoms with Crippen molar-refractivity contribution in [1.29, 1.82) is 0 Å². The fourth-order valence-electron chi connectivity index (χ4n) is 2.79. The van der Waals surface area contributed by atoms with Crippen molar-refractivity contribution in [3.05, 3.63) is 84.6 Å². The van der Waals surface area contributed by atoms with Crippen molar-refractivity contribution in [3.8, 4) is 17.0 Å². The van der Waals surface area contributed by atoms with Crippen molar-refractivity contribution in [2.45, 2.75) is 0 Å². The maximum Gasteiger partial charge on any atom is 0.257 e. The first kappa shape index (κ1) is 15.8. The van der Waals surface area contributed by atoms with Crippen LogP contribution < -0.4 is 5.32 Å². The molecule has 0 unspecified atom stereocenters. The molecule has 2 N–H and O–H groups in total. The normalized spacial score (nSPS) is 10.6. The second-order valence-electron chi connectivity index (χ2n) is 5.76. The standard InChI is InChI=1S/C21H15N3O2/c25-19-11-6-12-22-20(19)24-21(26)16-13-18(14-7-2-1-3-8-14)23-17-10-5-4-9-15(16)17/h1-13,25H,(H,22,24,26). The average molecular weight is 341 g/mol. The number of hydrogen-bond donors (Lipinski definition) is 2. The second-order valence-corrected chi connectivity index (χ2v) is 5.76. The summed E-state index contributed by atoms with van der Waals surface area (Å²) in [6.07, 6.45) is 1.51. The van der Waals surface area contributed by atoms with Crippen LogP contribution in [0.1, 0.15) is 10.4 Å². The summed E-state index contributed by atoms with van der Waals surface area (Å²) in [5.74, 6) is -0.308. The minimum atomic E-state index is -0.352. The number of carbonyl (C=O) groups excluding carboxylic acids is 1. The number of nitrogens with one attached hydrogen (secondary N) is 1. The van der Waals surface area contributed by atoms with Crippen LogP contribution in [0.25, 0.3) is 22.2 Å². The molecule has 0 atom stereocenters. The monoisotopic (exact) mass is 341 g/mol. The number of aromatic hydroxyl groups is 1. The lowest BCUT2D eigenvalue weighted by Gasteiger charge is -2.11. The van der Waals surface area contributed by atoms with Gasteiger partial charge in [-0.3, -0.25) is 4.79 Å². The number of aromatic nitrogens is 2. The van der Waals surface area contributed by atoms with Crippen LogP contribution in [0.4, 0.5) is 5.82 Å². The summed E-state index contributed by atoms with van der Waals surface area (Å²) in [7, 11) is 0. The highest BCUT2D eigenvalue weighted by molar-refractivity contribution is 6.13. The third-order valence-corrected chi connectivity index (χ3v) is 4.05. The molecular formula is C21H15N3O2. The third kappa shape index (κ3) is 2.98. The SMILES string of the molecule is O=C(Nc1ncccc1O)c1cc(-c2ccccc2)nc2ccccc12. The van der Waals surface area contributed by atoms with Gasteiger partial charge in [0.05, 0.1) is 16.8 Å². The second kappa shape index (κ2) is 6.64. The summed E-state index contributed by atoms with van der Waals surface area (Å²) >= 11 is 0. The van der Waals surface area contributed by atoms with Gasteiger partial charge in [-0.15, -0.1) is 0 Å². The van der Waals surface area contributed by atoms with Gasteiger partial charge in [0.1, 0.15) is 0 Å². The molecule has 0 saturated carbocycles. The smallest absolute Gasteiger partial charge is 0.257 e. The van der Waals surface area contributed by atoms with Gasteiger partial charge in [0, 0.05) is 17.1 Å². The van der Waals surface area contributed by atoms with E-state index in [-0.39, 0.29) is 17.5 Å². The zero-order valence-electron chi connectivity index (χ0n) is 13.8. The molecule has 26 heavy (non-hydrogen) atoms. The first-order valence-corrected chi connectivity index (χ1v) is 8.13. The molecule has 0 fully saturated rings. The highest BCUT2D eigenvalue weighted by Gasteiger charge is 2.15. The number of benzene rings is 2. The maximum absolute atomic E-state index is 12.9. The molecule has 0 saturated heterocycles. The number of pyridine rings is 2. The predicted octanol–water partition coefficient (Wildman–Crippen LogP) is 4.25. The van der Waals surface area contributed by atoms with Crippen molar-refractivity contribution in [3.63, 3.8) is 0 Å². The van der Waals surface area contributed by atoms with Gasteiger partial charge in [-0.1, -0.05) is 48.5 Å².